The monoisotopic (exact) mass is 642 g/mol. The third-order valence-corrected chi connectivity index (χ3v) is 8.45. The highest BCUT2D eigenvalue weighted by molar-refractivity contribution is 5.76. The predicted molar refractivity (Wildman–Crippen MR) is 202 cm³/mol. The largest absolute Gasteiger partial charge is 0.394 e. The van der Waals surface area contributed by atoms with Crippen LogP contribution < -0.4 is 5.32 Å². The minimum absolute atomic E-state index is 0.0955. The van der Waals surface area contributed by atoms with Gasteiger partial charge in [0.1, 0.15) is 0 Å². The maximum absolute atomic E-state index is 12.3. The van der Waals surface area contributed by atoms with Crippen molar-refractivity contribution in [3.8, 4) is 0 Å². The first kappa shape index (κ1) is 44.1. The van der Waals surface area contributed by atoms with Crippen molar-refractivity contribution in [1.29, 1.82) is 0 Å². The highest BCUT2D eigenvalue weighted by Crippen LogP contribution is 2.12. The van der Waals surface area contributed by atoms with E-state index in [1.807, 2.05) is 6.08 Å². The van der Waals surface area contributed by atoms with Crippen molar-refractivity contribution in [2.75, 3.05) is 6.61 Å². The van der Waals surface area contributed by atoms with E-state index in [4.69, 9.17) is 0 Å². The van der Waals surface area contributed by atoms with Crippen molar-refractivity contribution in [2.24, 2.45) is 0 Å². The Morgan fingerprint density at radius 2 is 0.935 bits per heavy atom. The van der Waals surface area contributed by atoms with Crippen LogP contribution in [-0.4, -0.2) is 34.9 Å². The van der Waals surface area contributed by atoms with Crippen molar-refractivity contribution >= 4 is 5.91 Å². The first-order valence-corrected chi connectivity index (χ1v) is 19.5. The normalized spacial score (nSPS) is 13.7. The second kappa shape index (κ2) is 37.5. The molecule has 266 valence electrons. The number of nitrogens with one attached hydrogen (secondary N) is 1. The highest BCUT2D eigenvalue weighted by atomic mass is 16.3. The van der Waals surface area contributed by atoms with E-state index in [0.29, 0.717) is 6.42 Å². The van der Waals surface area contributed by atoms with Gasteiger partial charge in [0.2, 0.25) is 5.91 Å². The molecule has 3 N–H and O–H groups in total. The predicted octanol–water partition coefficient (Wildman–Crippen LogP) is 11.8. The Bertz CT molecular complexity index is 782. The van der Waals surface area contributed by atoms with Crippen molar-refractivity contribution < 1.29 is 15.0 Å². The van der Waals surface area contributed by atoms with Crippen LogP contribution in [-0.2, 0) is 4.79 Å². The van der Waals surface area contributed by atoms with E-state index in [1.165, 1.54) is 103 Å². The standard InChI is InChI=1S/C42H75NO3/c1-3-5-7-9-11-13-15-17-19-20-21-22-23-24-25-27-29-31-33-35-37-41(45)40(39-44)43-42(46)38-36-34-32-30-28-26-18-16-14-12-10-8-6-4-2/h10,12,16,18,22-23,27,29,35,37,40-41,44-45H,3-9,11,13-15,17,19-21,24-26,28,30-34,36,38-39H2,1-2H3,(H,43,46)/b12-10-,18-16-,23-22+,29-27+,37-35+. The Labute approximate surface area is 286 Å². The van der Waals surface area contributed by atoms with E-state index >= 15 is 0 Å². The van der Waals surface area contributed by atoms with Gasteiger partial charge in [-0.3, -0.25) is 4.79 Å². The fourth-order valence-electron chi connectivity index (χ4n) is 5.40. The topological polar surface area (TPSA) is 69.6 Å². The number of allylic oxidation sites excluding steroid dienone is 9. The van der Waals surface area contributed by atoms with E-state index in [2.05, 4.69) is 67.8 Å². The molecule has 0 aromatic heterocycles. The first-order valence-electron chi connectivity index (χ1n) is 19.5. The van der Waals surface area contributed by atoms with Crippen LogP contribution in [0.3, 0.4) is 0 Å². The quantitative estimate of drug-likeness (QED) is 0.0483. The maximum atomic E-state index is 12.3. The van der Waals surface area contributed by atoms with Crippen molar-refractivity contribution in [3.05, 3.63) is 60.8 Å². The summed E-state index contributed by atoms with van der Waals surface area (Å²) in [5.74, 6) is -0.0955. The molecule has 0 aliphatic carbocycles. The smallest absolute Gasteiger partial charge is 0.220 e. The molecule has 0 aromatic rings. The molecule has 0 saturated heterocycles. The van der Waals surface area contributed by atoms with E-state index in [9.17, 15) is 15.0 Å². The van der Waals surface area contributed by atoms with Gasteiger partial charge >= 0.3 is 0 Å². The summed E-state index contributed by atoms with van der Waals surface area (Å²) in [5.41, 5.74) is 0. The van der Waals surface area contributed by atoms with E-state index in [1.54, 1.807) is 6.08 Å². The Morgan fingerprint density at radius 3 is 1.46 bits per heavy atom. The molecule has 0 saturated carbocycles. The van der Waals surface area contributed by atoms with Crippen LogP contribution in [0.1, 0.15) is 181 Å². The second-order valence-electron chi connectivity index (χ2n) is 13.0. The van der Waals surface area contributed by atoms with Crippen LogP contribution in [0.5, 0.6) is 0 Å². The number of unbranched alkanes of at least 4 members (excludes halogenated alkanes) is 19. The van der Waals surface area contributed by atoms with Crippen LogP contribution in [0.4, 0.5) is 0 Å². The van der Waals surface area contributed by atoms with Gasteiger partial charge in [0, 0.05) is 6.42 Å². The van der Waals surface area contributed by atoms with E-state index in [0.717, 1.165) is 57.8 Å². The summed E-state index contributed by atoms with van der Waals surface area (Å²) in [6.07, 6.45) is 51.7. The van der Waals surface area contributed by atoms with Gasteiger partial charge in [-0.1, -0.05) is 164 Å². The first-order chi connectivity index (χ1) is 22.7. The summed E-state index contributed by atoms with van der Waals surface area (Å²) >= 11 is 0. The Hall–Kier alpha value is -1.91. The average molecular weight is 642 g/mol. The highest BCUT2D eigenvalue weighted by Gasteiger charge is 2.17. The molecular weight excluding hydrogens is 566 g/mol. The van der Waals surface area contributed by atoms with Crippen molar-refractivity contribution in [3.63, 3.8) is 0 Å². The zero-order chi connectivity index (χ0) is 33.6. The van der Waals surface area contributed by atoms with Crippen LogP contribution in [0.15, 0.2) is 60.8 Å². The zero-order valence-corrected chi connectivity index (χ0v) is 30.3. The third kappa shape index (κ3) is 33.5. The number of rotatable bonds is 34. The second-order valence-corrected chi connectivity index (χ2v) is 13.0. The molecule has 2 unspecified atom stereocenters. The third-order valence-electron chi connectivity index (χ3n) is 8.45. The number of carbonyl (C=O) groups is 1. The van der Waals surface area contributed by atoms with Crippen LogP contribution in [0, 0.1) is 0 Å². The van der Waals surface area contributed by atoms with Crippen LogP contribution in [0.25, 0.3) is 0 Å². The Balaban J connectivity index is 3.73. The summed E-state index contributed by atoms with van der Waals surface area (Å²) < 4.78 is 0. The molecule has 0 aliphatic heterocycles. The van der Waals surface area contributed by atoms with Gasteiger partial charge < -0.3 is 15.5 Å². The number of amides is 1. The lowest BCUT2D eigenvalue weighted by atomic mass is 10.1. The van der Waals surface area contributed by atoms with Gasteiger partial charge in [0.05, 0.1) is 18.8 Å². The molecule has 2 atom stereocenters. The van der Waals surface area contributed by atoms with Gasteiger partial charge in [-0.15, -0.1) is 0 Å². The minimum atomic E-state index is -0.876. The Kier molecular flexibility index (Phi) is 36.0. The SMILES string of the molecule is CCCC/C=C\C/C=C\CCCCCCCC(=O)NC(CO)C(O)/C=C/CC/C=C/CC/C=C/CCCCCCCCCCCC. The summed E-state index contributed by atoms with van der Waals surface area (Å²) in [5, 5.41) is 22.9. The van der Waals surface area contributed by atoms with Gasteiger partial charge in [-0.05, 0) is 70.6 Å². The number of aliphatic hydroxyl groups excluding tert-OH is 2. The number of hydrogen-bond donors (Lipinski definition) is 3. The molecule has 0 radical (unpaired) electrons. The molecule has 4 nitrogen and oxygen atoms in total. The molecule has 0 aromatic carbocycles. The molecule has 4 heteroatoms. The fraction of sp³-hybridized carbons (Fsp3) is 0.738. The van der Waals surface area contributed by atoms with Gasteiger partial charge in [0.15, 0.2) is 0 Å². The number of hydrogen-bond acceptors (Lipinski definition) is 3. The van der Waals surface area contributed by atoms with Crippen LogP contribution in [0.2, 0.25) is 0 Å². The van der Waals surface area contributed by atoms with Crippen molar-refractivity contribution in [2.45, 2.75) is 193 Å². The molecular formula is C42H75NO3. The molecule has 0 bridgehead atoms. The van der Waals surface area contributed by atoms with E-state index < -0.39 is 12.1 Å². The molecule has 0 aliphatic rings. The molecule has 46 heavy (non-hydrogen) atoms. The molecule has 0 rings (SSSR count). The van der Waals surface area contributed by atoms with E-state index in [-0.39, 0.29) is 12.5 Å². The summed E-state index contributed by atoms with van der Waals surface area (Å²) in [6, 6.07) is -0.653. The number of aliphatic hydroxyl groups is 2. The average Bonchev–Trinajstić information content (AvgIpc) is 3.06. The molecule has 1 amide bonds. The maximum Gasteiger partial charge on any atom is 0.220 e. The lowest BCUT2D eigenvalue weighted by Gasteiger charge is -2.19. The van der Waals surface area contributed by atoms with Crippen molar-refractivity contribution in [1.82, 2.24) is 5.32 Å². The Morgan fingerprint density at radius 1 is 0.522 bits per heavy atom. The lowest BCUT2D eigenvalue weighted by Crippen LogP contribution is -2.45. The zero-order valence-electron chi connectivity index (χ0n) is 30.3. The van der Waals surface area contributed by atoms with Crippen LogP contribution >= 0.6 is 0 Å². The summed E-state index contributed by atoms with van der Waals surface area (Å²) in [7, 11) is 0. The molecule has 0 heterocycles. The van der Waals surface area contributed by atoms with Gasteiger partial charge in [-0.25, -0.2) is 0 Å². The van der Waals surface area contributed by atoms with Gasteiger partial charge in [-0.2, -0.15) is 0 Å². The van der Waals surface area contributed by atoms with Gasteiger partial charge in [0.25, 0.3) is 0 Å². The molecule has 0 fully saturated rings. The number of carbonyl (C=O) groups excluding carboxylic acids is 1. The molecule has 0 spiro atoms. The lowest BCUT2D eigenvalue weighted by molar-refractivity contribution is -0.123. The summed E-state index contributed by atoms with van der Waals surface area (Å²) in [4.78, 5) is 12.3. The summed E-state index contributed by atoms with van der Waals surface area (Å²) in [6.45, 7) is 4.23. The minimum Gasteiger partial charge on any atom is -0.394 e. The fourth-order valence-corrected chi connectivity index (χ4v) is 5.40.